The van der Waals surface area contributed by atoms with Crippen LogP contribution in [0.5, 0.6) is 0 Å². The van der Waals surface area contributed by atoms with Gasteiger partial charge in [-0.1, -0.05) is 6.92 Å². The number of carbonyl (C=O) groups excluding carboxylic acids is 1. The smallest absolute Gasteiger partial charge is 0.420 e. The van der Waals surface area contributed by atoms with Gasteiger partial charge < -0.3 is 9.15 Å². The molecule has 0 N–H and O–H groups in total. The number of hydrogen-bond acceptors (Lipinski definition) is 6. The molecule has 0 saturated heterocycles. The molecule has 0 spiro atoms. The van der Waals surface area contributed by atoms with E-state index in [1.165, 1.54) is 18.2 Å². The van der Waals surface area contributed by atoms with Crippen molar-refractivity contribution < 1.29 is 18.9 Å². The van der Waals surface area contributed by atoms with Crippen LogP contribution in [0.2, 0.25) is 0 Å². The molecule has 0 amide bonds. The third-order valence-electron chi connectivity index (χ3n) is 3.06. The molecular formula is C13H14N2O6. The Hall–Kier alpha value is -2.64. The van der Waals surface area contributed by atoms with Crippen LogP contribution in [0.3, 0.4) is 0 Å². The van der Waals surface area contributed by atoms with Crippen LogP contribution in [0.25, 0.3) is 11.1 Å². The summed E-state index contributed by atoms with van der Waals surface area (Å²) in [5, 5.41) is 10.8. The van der Waals surface area contributed by atoms with Gasteiger partial charge >= 0.3 is 11.7 Å². The number of esters is 1. The molecule has 8 heteroatoms. The Labute approximate surface area is 119 Å². The van der Waals surface area contributed by atoms with Crippen molar-refractivity contribution in [1.29, 1.82) is 0 Å². The second-order valence-electron chi connectivity index (χ2n) is 4.32. The SMILES string of the molecule is CCOC(=O)C(CC)n1c(=O)oc2ccc([N+](=O)[O-])cc21. The quantitative estimate of drug-likeness (QED) is 0.474. The van der Waals surface area contributed by atoms with E-state index in [0.717, 1.165) is 4.57 Å². The van der Waals surface area contributed by atoms with Gasteiger partial charge in [-0.15, -0.1) is 0 Å². The summed E-state index contributed by atoms with van der Waals surface area (Å²) in [6.07, 6.45) is 0.302. The van der Waals surface area contributed by atoms with Crippen molar-refractivity contribution >= 4 is 22.8 Å². The fourth-order valence-corrected chi connectivity index (χ4v) is 2.12. The van der Waals surface area contributed by atoms with E-state index in [2.05, 4.69) is 0 Å². The van der Waals surface area contributed by atoms with E-state index in [1.807, 2.05) is 0 Å². The molecule has 1 heterocycles. The summed E-state index contributed by atoms with van der Waals surface area (Å²) in [6.45, 7) is 3.55. The van der Waals surface area contributed by atoms with Crippen LogP contribution in [0, 0.1) is 10.1 Å². The maximum Gasteiger partial charge on any atom is 0.420 e. The Bertz CT molecular complexity index is 745. The molecule has 0 fully saturated rings. The Balaban J connectivity index is 2.63. The average molecular weight is 294 g/mol. The first-order valence-electron chi connectivity index (χ1n) is 6.45. The summed E-state index contributed by atoms with van der Waals surface area (Å²) in [7, 11) is 0. The molecule has 0 aliphatic heterocycles. The number of oxazole rings is 1. The van der Waals surface area contributed by atoms with Gasteiger partial charge in [0, 0.05) is 12.1 Å². The van der Waals surface area contributed by atoms with Gasteiger partial charge in [0.25, 0.3) is 5.69 Å². The summed E-state index contributed by atoms with van der Waals surface area (Å²) < 4.78 is 11.0. The maximum absolute atomic E-state index is 11.9. The first-order chi connectivity index (χ1) is 9.99. The lowest BCUT2D eigenvalue weighted by atomic mass is 10.2. The largest absolute Gasteiger partial charge is 0.464 e. The average Bonchev–Trinajstić information content (AvgIpc) is 2.76. The van der Waals surface area contributed by atoms with E-state index in [0.29, 0.717) is 6.42 Å². The molecule has 0 saturated carbocycles. The van der Waals surface area contributed by atoms with Crippen molar-refractivity contribution in [3.8, 4) is 0 Å². The third-order valence-corrected chi connectivity index (χ3v) is 3.06. The van der Waals surface area contributed by atoms with E-state index in [1.54, 1.807) is 13.8 Å². The minimum Gasteiger partial charge on any atom is -0.464 e. The standard InChI is InChI=1S/C13H14N2O6/c1-3-9(12(16)20-4-2)14-10-7-8(15(18)19)5-6-11(10)21-13(14)17/h5-7,9H,3-4H2,1-2H3. The zero-order valence-electron chi connectivity index (χ0n) is 11.6. The number of carbonyl (C=O) groups is 1. The number of nitro groups is 1. The lowest BCUT2D eigenvalue weighted by molar-refractivity contribution is -0.384. The normalized spacial score (nSPS) is 12.3. The highest BCUT2D eigenvalue weighted by Gasteiger charge is 2.26. The van der Waals surface area contributed by atoms with Gasteiger partial charge in [0.05, 0.1) is 17.0 Å². The van der Waals surface area contributed by atoms with Crippen molar-refractivity contribution in [2.24, 2.45) is 0 Å². The highest BCUT2D eigenvalue weighted by molar-refractivity contribution is 5.80. The lowest BCUT2D eigenvalue weighted by Crippen LogP contribution is -2.28. The third kappa shape index (κ3) is 2.64. The van der Waals surface area contributed by atoms with Gasteiger partial charge in [-0.05, 0) is 19.4 Å². The molecule has 1 unspecified atom stereocenters. The second kappa shape index (κ2) is 5.78. The number of aromatic nitrogens is 1. The first-order valence-corrected chi connectivity index (χ1v) is 6.45. The van der Waals surface area contributed by atoms with Crippen LogP contribution in [0.1, 0.15) is 26.3 Å². The van der Waals surface area contributed by atoms with Gasteiger partial charge in [0.2, 0.25) is 0 Å². The summed E-state index contributed by atoms with van der Waals surface area (Å²) in [5.74, 6) is -1.32. The molecule has 0 radical (unpaired) electrons. The van der Waals surface area contributed by atoms with Gasteiger partial charge in [0.1, 0.15) is 6.04 Å². The molecule has 1 aromatic heterocycles. The Morgan fingerprint density at radius 2 is 2.19 bits per heavy atom. The van der Waals surface area contributed by atoms with E-state index < -0.39 is 22.7 Å². The van der Waals surface area contributed by atoms with E-state index in [-0.39, 0.29) is 23.4 Å². The predicted molar refractivity (Wildman–Crippen MR) is 73.1 cm³/mol. The molecule has 2 aromatic rings. The number of nitro benzene ring substituents is 1. The van der Waals surface area contributed by atoms with Gasteiger partial charge in [0.15, 0.2) is 5.58 Å². The van der Waals surface area contributed by atoms with Gasteiger partial charge in [-0.3, -0.25) is 14.7 Å². The summed E-state index contributed by atoms with van der Waals surface area (Å²) in [4.78, 5) is 34.1. The Morgan fingerprint density at radius 3 is 2.76 bits per heavy atom. The highest BCUT2D eigenvalue weighted by atomic mass is 16.6. The zero-order valence-corrected chi connectivity index (χ0v) is 11.6. The molecule has 8 nitrogen and oxygen atoms in total. The molecular weight excluding hydrogens is 280 g/mol. The molecule has 0 aliphatic rings. The van der Waals surface area contributed by atoms with Gasteiger partial charge in [-0.25, -0.2) is 9.59 Å². The van der Waals surface area contributed by atoms with Crippen molar-refractivity contribution in [3.05, 3.63) is 38.9 Å². The topological polar surface area (TPSA) is 105 Å². The summed E-state index contributed by atoms with van der Waals surface area (Å²) >= 11 is 0. The van der Waals surface area contributed by atoms with Gasteiger partial charge in [-0.2, -0.15) is 0 Å². The number of ether oxygens (including phenoxy) is 1. The van der Waals surface area contributed by atoms with Crippen molar-refractivity contribution in [3.63, 3.8) is 0 Å². The molecule has 0 bridgehead atoms. The second-order valence-corrected chi connectivity index (χ2v) is 4.32. The van der Waals surface area contributed by atoms with Crippen LogP contribution in [0.4, 0.5) is 5.69 Å². The minimum atomic E-state index is -0.874. The molecule has 1 atom stereocenters. The number of hydrogen-bond donors (Lipinski definition) is 0. The van der Waals surface area contributed by atoms with Crippen molar-refractivity contribution in [2.75, 3.05) is 6.61 Å². The van der Waals surface area contributed by atoms with E-state index in [4.69, 9.17) is 9.15 Å². The molecule has 112 valence electrons. The zero-order chi connectivity index (χ0) is 15.6. The first kappa shape index (κ1) is 14.8. The number of fused-ring (bicyclic) bond motifs is 1. The minimum absolute atomic E-state index is 0.181. The van der Waals surface area contributed by atoms with Crippen LogP contribution in [0.15, 0.2) is 27.4 Å². The number of non-ortho nitro benzene ring substituents is 1. The number of rotatable bonds is 5. The molecule has 2 rings (SSSR count). The maximum atomic E-state index is 11.9. The monoisotopic (exact) mass is 294 g/mol. The number of nitrogens with zero attached hydrogens (tertiary/aromatic N) is 2. The fourth-order valence-electron chi connectivity index (χ4n) is 2.12. The van der Waals surface area contributed by atoms with E-state index in [9.17, 15) is 19.7 Å². The van der Waals surface area contributed by atoms with Crippen LogP contribution >= 0.6 is 0 Å². The van der Waals surface area contributed by atoms with Crippen molar-refractivity contribution in [2.45, 2.75) is 26.3 Å². The highest BCUT2D eigenvalue weighted by Crippen LogP contribution is 2.24. The molecule has 1 aromatic carbocycles. The Morgan fingerprint density at radius 1 is 1.48 bits per heavy atom. The van der Waals surface area contributed by atoms with Crippen LogP contribution in [-0.4, -0.2) is 22.1 Å². The Kier molecular flexibility index (Phi) is 4.06. The molecule has 0 aliphatic carbocycles. The van der Waals surface area contributed by atoms with Crippen LogP contribution < -0.4 is 5.76 Å². The lowest BCUT2D eigenvalue weighted by Gasteiger charge is -2.14. The van der Waals surface area contributed by atoms with Crippen LogP contribution in [-0.2, 0) is 9.53 Å². The predicted octanol–water partition coefficient (Wildman–Crippen LogP) is 2.02. The van der Waals surface area contributed by atoms with Crippen molar-refractivity contribution in [1.82, 2.24) is 4.57 Å². The number of benzene rings is 1. The summed E-state index contributed by atoms with van der Waals surface area (Å²) in [6, 6.07) is 2.91. The summed E-state index contributed by atoms with van der Waals surface area (Å²) in [5.41, 5.74) is 0.207. The van der Waals surface area contributed by atoms with E-state index >= 15 is 0 Å². The fraction of sp³-hybridized carbons (Fsp3) is 0.385. The molecule has 21 heavy (non-hydrogen) atoms.